The first kappa shape index (κ1) is 21.3. The summed E-state index contributed by atoms with van der Waals surface area (Å²) in [4.78, 5) is 35.9. The fourth-order valence-electron chi connectivity index (χ4n) is 4.00. The molecule has 1 atom stereocenters. The first-order valence-corrected chi connectivity index (χ1v) is 11.4. The molecule has 2 aromatic carbocycles. The SMILES string of the molecule is COC(=O)C1=C(C)N=c2s/c(=C/c3cc(Cl)c4ccccc4n3)c(=O)n2C1c1ccccc1. The molecular formula is C25H18ClN3O3S. The van der Waals surface area contributed by atoms with Gasteiger partial charge in [-0.25, -0.2) is 14.8 Å². The fourth-order valence-corrected chi connectivity index (χ4v) is 5.31. The van der Waals surface area contributed by atoms with Gasteiger partial charge in [-0.3, -0.25) is 9.36 Å². The smallest absolute Gasteiger partial charge is 0.338 e. The van der Waals surface area contributed by atoms with Crippen molar-refractivity contribution < 1.29 is 9.53 Å². The lowest BCUT2D eigenvalue weighted by Gasteiger charge is -2.24. The van der Waals surface area contributed by atoms with Crippen LogP contribution in [0.15, 0.2) is 81.7 Å². The molecule has 5 rings (SSSR count). The number of fused-ring (bicyclic) bond motifs is 2. The van der Waals surface area contributed by atoms with Gasteiger partial charge in [-0.15, -0.1) is 0 Å². The molecule has 33 heavy (non-hydrogen) atoms. The lowest BCUT2D eigenvalue weighted by molar-refractivity contribution is -0.136. The van der Waals surface area contributed by atoms with Crippen molar-refractivity contribution in [2.75, 3.05) is 7.11 Å². The van der Waals surface area contributed by atoms with Crippen LogP contribution in [-0.2, 0) is 9.53 Å². The Hall–Kier alpha value is -3.55. The molecule has 0 saturated heterocycles. The van der Waals surface area contributed by atoms with Crippen molar-refractivity contribution in [3.63, 3.8) is 0 Å². The van der Waals surface area contributed by atoms with Crippen LogP contribution in [0, 0.1) is 0 Å². The summed E-state index contributed by atoms with van der Waals surface area (Å²) in [7, 11) is 1.32. The quantitative estimate of drug-likeness (QED) is 0.424. The van der Waals surface area contributed by atoms with Crippen LogP contribution in [0.4, 0.5) is 0 Å². The van der Waals surface area contributed by atoms with Gasteiger partial charge in [0.15, 0.2) is 4.80 Å². The van der Waals surface area contributed by atoms with Crippen LogP contribution in [0.3, 0.4) is 0 Å². The number of pyridine rings is 1. The highest BCUT2D eigenvalue weighted by Gasteiger charge is 2.32. The molecule has 0 amide bonds. The number of halogens is 1. The van der Waals surface area contributed by atoms with E-state index in [4.69, 9.17) is 16.3 Å². The summed E-state index contributed by atoms with van der Waals surface area (Å²) >= 11 is 7.70. The Labute approximate surface area is 197 Å². The molecule has 3 heterocycles. The largest absolute Gasteiger partial charge is 0.466 e. The van der Waals surface area contributed by atoms with Gasteiger partial charge in [0.2, 0.25) is 0 Å². The first-order chi connectivity index (χ1) is 16.0. The van der Waals surface area contributed by atoms with Crippen molar-refractivity contribution in [2.45, 2.75) is 13.0 Å². The molecule has 6 nitrogen and oxygen atoms in total. The average molecular weight is 476 g/mol. The maximum absolute atomic E-state index is 13.6. The molecule has 2 aromatic heterocycles. The van der Waals surface area contributed by atoms with E-state index in [1.807, 2.05) is 54.6 Å². The Bertz CT molecular complexity index is 1620. The topological polar surface area (TPSA) is 73.6 Å². The Balaban J connectivity index is 1.74. The van der Waals surface area contributed by atoms with E-state index < -0.39 is 12.0 Å². The molecule has 0 bridgehead atoms. The van der Waals surface area contributed by atoms with Gasteiger partial charge in [-0.05, 0) is 30.7 Å². The number of methoxy groups -OCH3 is 1. The van der Waals surface area contributed by atoms with E-state index in [-0.39, 0.29) is 5.56 Å². The van der Waals surface area contributed by atoms with E-state index in [0.717, 1.165) is 16.5 Å². The molecule has 0 radical (unpaired) electrons. The maximum Gasteiger partial charge on any atom is 0.338 e. The molecular weight excluding hydrogens is 458 g/mol. The highest BCUT2D eigenvalue weighted by molar-refractivity contribution is 7.07. The fraction of sp³-hybridized carbons (Fsp3) is 0.120. The minimum Gasteiger partial charge on any atom is -0.466 e. The number of benzene rings is 2. The van der Waals surface area contributed by atoms with E-state index in [2.05, 4.69) is 9.98 Å². The number of hydrogen-bond donors (Lipinski definition) is 0. The minimum atomic E-state index is -0.634. The summed E-state index contributed by atoms with van der Waals surface area (Å²) in [6, 6.07) is 18.1. The van der Waals surface area contributed by atoms with Gasteiger partial charge in [-0.2, -0.15) is 0 Å². The number of carbonyl (C=O) groups is 1. The van der Waals surface area contributed by atoms with E-state index >= 15 is 0 Å². The maximum atomic E-state index is 13.6. The molecule has 1 aliphatic rings. The third-order valence-corrected chi connectivity index (χ3v) is 6.80. The highest BCUT2D eigenvalue weighted by Crippen LogP contribution is 2.30. The summed E-state index contributed by atoms with van der Waals surface area (Å²) in [6.07, 6.45) is 1.71. The first-order valence-electron chi connectivity index (χ1n) is 10.2. The average Bonchev–Trinajstić information content (AvgIpc) is 3.12. The summed E-state index contributed by atoms with van der Waals surface area (Å²) < 4.78 is 7.02. The predicted molar refractivity (Wildman–Crippen MR) is 129 cm³/mol. The Morgan fingerprint density at radius 2 is 1.88 bits per heavy atom. The van der Waals surface area contributed by atoms with Crippen molar-refractivity contribution in [1.82, 2.24) is 9.55 Å². The number of para-hydroxylation sites is 1. The molecule has 0 aliphatic carbocycles. The number of nitrogens with zero attached hydrogens (tertiary/aromatic N) is 3. The number of thiazole rings is 1. The van der Waals surface area contributed by atoms with E-state index in [0.29, 0.717) is 31.3 Å². The van der Waals surface area contributed by atoms with Crippen molar-refractivity contribution in [3.05, 3.63) is 108 Å². The predicted octanol–water partition coefficient (Wildman–Crippen LogP) is 3.61. The normalized spacial score (nSPS) is 16.0. The second-order valence-electron chi connectivity index (χ2n) is 7.53. The van der Waals surface area contributed by atoms with Crippen molar-refractivity contribution in [1.29, 1.82) is 0 Å². The second kappa shape index (κ2) is 8.42. The number of carbonyl (C=O) groups excluding carboxylic acids is 1. The zero-order chi connectivity index (χ0) is 23.1. The zero-order valence-electron chi connectivity index (χ0n) is 17.8. The monoisotopic (exact) mass is 475 g/mol. The molecule has 1 aliphatic heterocycles. The Kier molecular flexibility index (Phi) is 5.44. The van der Waals surface area contributed by atoms with Crippen LogP contribution in [-0.4, -0.2) is 22.6 Å². The summed E-state index contributed by atoms with van der Waals surface area (Å²) in [6.45, 7) is 1.75. The molecule has 8 heteroatoms. The van der Waals surface area contributed by atoms with Crippen LogP contribution in [0.2, 0.25) is 5.02 Å². The van der Waals surface area contributed by atoms with E-state index in [1.54, 1.807) is 23.6 Å². The Morgan fingerprint density at radius 1 is 1.15 bits per heavy atom. The number of ether oxygens (including phenoxy) is 1. The van der Waals surface area contributed by atoms with Gasteiger partial charge in [0, 0.05) is 5.39 Å². The van der Waals surface area contributed by atoms with Crippen LogP contribution in [0.25, 0.3) is 17.0 Å². The summed E-state index contributed by atoms with van der Waals surface area (Å²) in [5.41, 5.74) is 2.73. The molecule has 0 fully saturated rings. The minimum absolute atomic E-state index is 0.257. The number of hydrogen-bond acceptors (Lipinski definition) is 6. The van der Waals surface area contributed by atoms with Gasteiger partial charge in [-0.1, -0.05) is 71.5 Å². The van der Waals surface area contributed by atoms with Gasteiger partial charge in [0.05, 0.1) is 45.2 Å². The number of esters is 1. The van der Waals surface area contributed by atoms with Crippen LogP contribution in [0.5, 0.6) is 0 Å². The van der Waals surface area contributed by atoms with Gasteiger partial charge in [0.25, 0.3) is 5.56 Å². The van der Waals surface area contributed by atoms with Crippen molar-refractivity contribution in [3.8, 4) is 0 Å². The lowest BCUT2D eigenvalue weighted by atomic mass is 9.96. The summed E-state index contributed by atoms with van der Waals surface area (Å²) in [5, 5.41) is 1.41. The lowest BCUT2D eigenvalue weighted by Crippen LogP contribution is -2.39. The molecule has 0 saturated carbocycles. The van der Waals surface area contributed by atoms with E-state index in [9.17, 15) is 9.59 Å². The van der Waals surface area contributed by atoms with Gasteiger partial charge in [0.1, 0.15) is 0 Å². The van der Waals surface area contributed by atoms with Crippen molar-refractivity contribution in [2.24, 2.45) is 4.99 Å². The third kappa shape index (κ3) is 3.69. The molecule has 0 spiro atoms. The van der Waals surface area contributed by atoms with Gasteiger partial charge < -0.3 is 4.74 Å². The number of aromatic nitrogens is 2. The summed E-state index contributed by atoms with van der Waals surface area (Å²) in [5.74, 6) is -0.512. The van der Waals surface area contributed by atoms with Gasteiger partial charge >= 0.3 is 5.97 Å². The van der Waals surface area contributed by atoms with Crippen molar-refractivity contribution >= 4 is 45.9 Å². The van der Waals surface area contributed by atoms with E-state index in [1.165, 1.54) is 18.4 Å². The number of rotatable bonds is 3. The molecule has 164 valence electrons. The van der Waals surface area contributed by atoms with Crippen LogP contribution < -0.4 is 14.9 Å². The molecule has 4 aromatic rings. The third-order valence-electron chi connectivity index (χ3n) is 5.51. The Morgan fingerprint density at radius 3 is 2.64 bits per heavy atom. The standard InChI is InChI=1S/C25H18ClN3O3S/c1-14-21(24(31)32-2)22(15-8-4-3-5-9-15)29-23(30)20(33-25(29)27-14)13-16-12-18(26)17-10-6-7-11-19(17)28-16/h3-13,22H,1-2H3/b20-13+. The van der Waals surface area contributed by atoms with Crippen LogP contribution >= 0.6 is 22.9 Å². The van der Waals surface area contributed by atoms with Crippen LogP contribution in [0.1, 0.15) is 24.2 Å². The zero-order valence-corrected chi connectivity index (χ0v) is 19.4. The number of allylic oxidation sites excluding steroid dienone is 1. The second-order valence-corrected chi connectivity index (χ2v) is 8.95. The highest BCUT2D eigenvalue weighted by atomic mass is 35.5. The molecule has 0 N–H and O–H groups in total. The molecule has 1 unspecified atom stereocenters.